The molecular formula is C11H7N3O. The van der Waals surface area contributed by atoms with E-state index in [1.807, 2.05) is 34.9 Å². The fourth-order valence-corrected chi connectivity index (χ4v) is 1.70. The molecule has 1 aromatic heterocycles. The Bertz CT molecular complexity index is 565. The fourth-order valence-electron chi connectivity index (χ4n) is 1.70. The molecule has 0 spiro atoms. The highest BCUT2D eigenvalue weighted by Crippen LogP contribution is 2.28. The van der Waals surface area contributed by atoms with E-state index in [1.54, 1.807) is 6.20 Å². The van der Waals surface area contributed by atoms with Crippen molar-refractivity contribution in [3.8, 4) is 17.5 Å². The van der Waals surface area contributed by atoms with Crippen LogP contribution < -0.4 is 4.74 Å². The summed E-state index contributed by atoms with van der Waals surface area (Å²) < 4.78 is 7.42. The van der Waals surface area contributed by atoms with E-state index in [0.717, 1.165) is 17.3 Å². The molecule has 0 unspecified atom stereocenters. The first-order valence-corrected chi connectivity index (χ1v) is 4.59. The molecule has 2 aromatic rings. The predicted octanol–water partition coefficient (Wildman–Crippen LogP) is 1.64. The van der Waals surface area contributed by atoms with Gasteiger partial charge in [0, 0.05) is 6.20 Å². The van der Waals surface area contributed by atoms with Crippen molar-refractivity contribution >= 4 is 0 Å². The molecule has 3 rings (SSSR count). The van der Waals surface area contributed by atoms with E-state index in [-0.39, 0.29) is 0 Å². The Morgan fingerprint density at radius 1 is 1.40 bits per heavy atom. The Morgan fingerprint density at radius 3 is 3.13 bits per heavy atom. The van der Waals surface area contributed by atoms with Crippen molar-refractivity contribution in [2.45, 2.75) is 6.61 Å². The first kappa shape index (κ1) is 8.06. The van der Waals surface area contributed by atoms with Crippen LogP contribution in [-0.4, -0.2) is 9.55 Å². The van der Waals surface area contributed by atoms with Crippen molar-refractivity contribution < 1.29 is 4.74 Å². The summed E-state index contributed by atoms with van der Waals surface area (Å²) in [5.74, 6) is 1.59. The summed E-state index contributed by atoms with van der Waals surface area (Å²) in [7, 11) is 0. The standard InChI is InChI=1S/C11H7N3O/c12-5-8-6-14-9-3-1-2-4-10(9)15-7-11(14)13-8/h1-4,6H,7H2. The van der Waals surface area contributed by atoms with E-state index in [1.165, 1.54) is 0 Å². The molecule has 0 saturated heterocycles. The number of aromatic nitrogens is 2. The lowest BCUT2D eigenvalue weighted by Gasteiger charge is -2.18. The van der Waals surface area contributed by atoms with E-state index < -0.39 is 0 Å². The van der Waals surface area contributed by atoms with Gasteiger partial charge in [0.25, 0.3) is 0 Å². The molecule has 4 nitrogen and oxygen atoms in total. The summed E-state index contributed by atoms with van der Waals surface area (Å²) >= 11 is 0. The van der Waals surface area contributed by atoms with Crippen molar-refractivity contribution in [2.24, 2.45) is 0 Å². The second-order valence-electron chi connectivity index (χ2n) is 3.28. The largest absolute Gasteiger partial charge is 0.483 e. The Labute approximate surface area is 86.4 Å². The van der Waals surface area contributed by atoms with Crippen molar-refractivity contribution in [3.05, 3.63) is 42.0 Å². The molecule has 2 heterocycles. The third-order valence-corrected chi connectivity index (χ3v) is 2.38. The van der Waals surface area contributed by atoms with Crippen molar-refractivity contribution in [1.29, 1.82) is 5.26 Å². The third kappa shape index (κ3) is 1.10. The van der Waals surface area contributed by atoms with Gasteiger partial charge in [0.1, 0.15) is 18.4 Å². The molecule has 0 amide bonds. The Hall–Kier alpha value is -2.28. The molecule has 0 radical (unpaired) electrons. The zero-order valence-electron chi connectivity index (χ0n) is 7.84. The van der Waals surface area contributed by atoms with Gasteiger partial charge in [-0.15, -0.1) is 0 Å². The number of fused-ring (bicyclic) bond motifs is 3. The SMILES string of the molecule is N#Cc1cn2c(n1)COc1ccccc1-2. The molecule has 1 aliphatic heterocycles. The molecule has 0 saturated carbocycles. The average Bonchev–Trinajstić information content (AvgIpc) is 2.72. The van der Waals surface area contributed by atoms with Crippen LogP contribution in [0.1, 0.15) is 11.5 Å². The molecule has 1 aliphatic rings. The summed E-state index contributed by atoms with van der Waals surface area (Å²) in [6.45, 7) is 0.415. The number of rotatable bonds is 0. The maximum absolute atomic E-state index is 8.77. The summed E-state index contributed by atoms with van der Waals surface area (Å²) in [5, 5.41) is 8.77. The van der Waals surface area contributed by atoms with Crippen LogP contribution in [0, 0.1) is 11.3 Å². The van der Waals surface area contributed by atoms with Gasteiger partial charge in [0.2, 0.25) is 0 Å². The quantitative estimate of drug-likeness (QED) is 0.645. The minimum atomic E-state index is 0.415. The van der Waals surface area contributed by atoms with Crippen LogP contribution in [0.4, 0.5) is 0 Å². The van der Waals surface area contributed by atoms with Gasteiger partial charge in [-0.05, 0) is 12.1 Å². The maximum Gasteiger partial charge on any atom is 0.159 e. The van der Waals surface area contributed by atoms with Gasteiger partial charge in [-0.2, -0.15) is 5.26 Å². The molecule has 0 N–H and O–H groups in total. The Kier molecular flexibility index (Phi) is 1.53. The highest BCUT2D eigenvalue weighted by molar-refractivity contribution is 5.49. The van der Waals surface area contributed by atoms with Gasteiger partial charge in [0.05, 0.1) is 5.69 Å². The topological polar surface area (TPSA) is 50.8 Å². The van der Waals surface area contributed by atoms with Gasteiger partial charge >= 0.3 is 0 Å². The van der Waals surface area contributed by atoms with E-state index in [2.05, 4.69) is 4.98 Å². The van der Waals surface area contributed by atoms with Crippen molar-refractivity contribution in [1.82, 2.24) is 9.55 Å². The lowest BCUT2D eigenvalue weighted by Crippen LogP contribution is -2.12. The van der Waals surface area contributed by atoms with Crippen LogP contribution in [0.25, 0.3) is 5.69 Å². The minimum absolute atomic E-state index is 0.415. The number of hydrogen-bond donors (Lipinski definition) is 0. The summed E-state index contributed by atoms with van der Waals surface area (Å²) in [6, 6.07) is 9.74. The second kappa shape index (κ2) is 2.85. The number of ether oxygens (including phenoxy) is 1. The maximum atomic E-state index is 8.77. The number of nitrogens with zero attached hydrogens (tertiary/aromatic N) is 3. The van der Waals surface area contributed by atoms with Gasteiger partial charge in [-0.3, -0.25) is 4.57 Å². The number of para-hydroxylation sites is 2. The Morgan fingerprint density at radius 2 is 2.27 bits per heavy atom. The first-order chi connectivity index (χ1) is 7.38. The predicted molar refractivity (Wildman–Crippen MR) is 52.6 cm³/mol. The zero-order valence-corrected chi connectivity index (χ0v) is 7.84. The molecule has 1 aromatic carbocycles. The first-order valence-electron chi connectivity index (χ1n) is 4.59. The Balaban J connectivity index is 2.25. The van der Waals surface area contributed by atoms with Crippen LogP contribution in [0.2, 0.25) is 0 Å². The van der Waals surface area contributed by atoms with Crippen LogP contribution in [0.5, 0.6) is 5.75 Å². The summed E-state index contributed by atoms with van der Waals surface area (Å²) in [4.78, 5) is 4.14. The lowest BCUT2D eigenvalue weighted by atomic mass is 10.2. The van der Waals surface area contributed by atoms with Crippen LogP contribution in [0.15, 0.2) is 30.5 Å². The summed E-state index contributed by atoms with van der Waals surface area (Å²) in [6.07, 6.45) is 1.73. The second-order valence-corrected chi connectivity index (χ2v) is 3.28. The van der Waals surface area contributed by atoms with Gasteiger partial charge in [0.15, 0.2) is 11.5 Å². The van der Waals surface area contributed by atoms with Crippen molar-refractivity contribution in [2.75, 3.05) is 0 Å². The molecule has 15 heavy (non-hydrogen) atoms. The number of imidazole rings is 1. The van der Waals surface area contributed by atoms with Crippen LogP contribution in [0.3, 0.4) is 0 Å². The van der Waals surface area contributed by atoms with E-state index in [4.69, 9.17) is 10.00 Å². The highest BCUT2D eigenvalue weighted by atomic mass is 16.5. The van der Waals surface area contributed by atoms with E-state index >= 15 is 0 Å². The van der Waals surface area contributed by atoms with Gasteiger partial charge < -0.3 is 4.74 Å². The molecule has 0 fully saturated rings. The molecule has 72 valence electrons. The van der Waals surface area contributed by atoms with Crippen molar-refractivity contribution in [3.63, 3.8) is 0 Å². The van der Waals surface area contributed by atoms with Gasteiger partial charge in [-0.25, -0.2) is 4.98 Å². The molecule has 0 bridgehead atoms. The van der Waals surface area contributed by atoms with Gasteiger partial charge in [-0.1, -0.05) is 12.1 Å². The zero-order chi connectivity index (χ0) is 10.3. The number of hydrogen-bond acceptors (Lipinski definition) is 3. The molecule has 0 aliphatic carbocycles. The average molecular weight is 197 g/mol. The van der Waals surface area contributed by atoms with Crippen LogP contribution in [-0.2, 0) is 6.61 Å². The summed E-state index contributed by atoms with van der Waals surface area (Å²) in [5.41, 5.74) is 1.36. The van der Waals surface area contributed by atoms with E-state index in [0.29, 0.717) is 12.3 Å². The number of benzene rings is 1. The minimum Gasteiger partial charge on any atom is -0.483 e. The van der Waals surface area contributed by atoms with E-state index in [9.17, 15) is 0 Å². The molecular weight excluding hydrogens is 190 g/mol. The monoisotopic (exact) mass is 197 g/mol. The fraction of sp³-hybridized carbons (Fsp3) is 0.0909. The third-order valence-electron chi connectivity index (χ3n) is 2.38. The normalized spacial score (nSPS) is 12.2. The smallest absolute Gasteiger partial charge is 0.159 e. The molecule has 4 heteroatoms. The lowest BCUT2D eigenvalue weighted by molar-refractivity contribution is 0.279. The molecule has 0 atom stereocenters. The highest BCUT2D eigenvalue weighted by Gasteiger charge is 2.18. The van der Waals surface area contributed by atoms with Crippen LogP contribution >= 0.6 is 0 Å². The number of nitriles is 1.